The van der Waals surface area contributed by atoms with E-state index in [2.05, 4.69) is 26.7 Å². The minimum atomic E-state index is -0.975. The van der Waals surface area contributed by atoms with Crippen molar-refractivity contribution in [2.45, 2.75) is 39.2 Å². The van der Waals surface area contributed by atoms with Gasteiger partial charge in [-0.15, -0.1) is 0 Å². The van der Waals surface area contributed by atoms with E-state index in [4.69, 9.17) is 9.93 Å². The fourth-order valence-electron chi connectivity index (χ4n) is 3.85. The molecular weight excluding hydrogens is 463 g/mol. The molecule has 0 aliphatic carbocycles. The number of carbonyl (C=O) groups is 1. The second kappa shape index (κ2) is 11.5. The van der Waals surface area contributed by atoms with E-state index in [0.717, 1.165) is 0 Å². The predicted molar refractivity (Wildman–Crippen MR) is 137 cm³/mol. The molecule has 10 heteroatoms. The first-order valence-corrected chi connectivity index (χ1v) is 11.3. The summed E-state index contributed by atoms with van der Waals surface area (Å²) in [4.78, 5) is 26.7. The molecule has 0 aliphatic heterocycles. The third-order valence-corrected chi connectivity index (χ3v) is 5.68. The van der Waals surface area contributed by atoms with Crippen molar-refractivity contribution in [3.63, 3.8) is 0 Å². The Bertz CT molecular complexity index is 1270. The van der Waals surface area contributed by atoms with Crippen molar-refractivity contribution in [1.82, 2.24) is 15.1 Å². The van der Waals surface area contributed by atoms with E-state index in [9.17, 15) is 14.3 Å². The third kappa shape index (κ3) is 6.07. The molecule has 36 heavy (non-hydrogen) atoms. The van der Waals surface area contributed by atoms with E-state index in [1.54, 1.807) is 49.3 Å². The number of aliphatic carboxylic acids is 1. The van der Waals surface area contributed by atoms with Crippen LogP contribution in [0.5, 0.6) is 0 Å². The lowest BCUT2D eigenvalue weighted by molar-refractivity contribution is -0.139. The fraction of sp³-hybridized carbons (Fsp3) is 0.308. The van der Waals surface area contributed by atoms with Gasteiger partial charge < -0.3 is 19.9 Å². The Morgan fingerprint density at radius 2 is 2.06 bits per heavy atom. The molecule has 2 unspecified atom stereocenters. The van der Waals surface area contributed by atoms with Gasteiger partial charge in [-0.25, -0.2) is 19.2 Å². The van der Waals surface area contributed by atoms with Gasteiger partial charge in [-0.3, -0.25) is 0 Å². The molecule has 0 radical (unpaired) electrons. The Balaban J connectivity index is 1.97. The lowest BCUT2D eigenvalue weighted by Crippen LogP contribution is -2.43. The molecule has 3 aromatic rings. The Hall–Kier alpha value is -4.21. The number of halogens is 1. The number of allylic oxidation sites excluding steroid dienone is 1. The second-order valence-corrected chi connectivity index (χ2v) is 8.80. The highest BCUT2D eigenvalue weighted by Gasteiger charge is 2.29. The van der Waals surface area contributed by atoms with Crippen LogP contribution >= 0.6 is 0 Å². The predicted octanol–water partition coefficient (Wildman–Crippen LogP) is 4.93. The Kier molecular flexibility index (Phi) is 8.42. The number of aliphatic imine (C=N–C) groups is 1. The van der Waals surface area contributed by atoms with Crippen molar-refractivity contribution in [3.8, 4) is 0 Å². The topological polar surface area (TPSA) is 129 Å². The van der Waals surface area contributed by atoms with Crippen molar-refractivity contribution >= 4 is 35.2 Å². The number of nitrogens with zero attached hydrogens (tertiary/aromatic N) is 5. The average molecular weight is 493 g/mol. The molecule has 0 bridgehead atoms. The normalized spacial score (nSPS) is 13.1. The standard InChI is InChI=1S/C26H29FN6O3/c1-15(2)18-13-29-26(31-24(18)33(5)23(16(3)4)25(34)35)30-14-19(22-10-11-36-32-22)21(28)12-17-8-6-7-9-20(17)27/h6-11,13-14,16,19,23,28H,1,12H2,2-5H3,(H,34,35). The SMILES string of the molecule is C=C(C)c1cnc(N=CC(C(=N)Cc2ccccc2F)c2ccon2)nc1N(C)C(C(=O)O)C(C)C. The minimum absolute atomic E-state index is 0.0499. The van der Waals surface area contributed by atoms with Crippen LogP contribution in [0.1, 0.15) is 43.5 Å². The number of rotatable bonds is 11. The fourth-order valence-corrected chi connectivity index (χ4v) is 3.85. The van der Waals surface area contributed by atoms with Gasteiger partial charge in [-0.2, -0.15) is 4.98 Å². The summed E-state index contributed by atoms with van der Waals surface area (Å²) in [6.07, 6.45) is 4.44. The molecule has 2 aromatic heterocycles. The van der Waals surface area contributed by atoms with E-state index in [0.29, 0.717) is 28.2 Å². The van der Waals surface area contributed by atoms with Crippen LogP contribution in [-0.4, -0.2) is 51.2 Å². The molecule has 188 valence electrons. The van der Waals surface area contributed by atoms with E-state index in [1.807, 2.05) is 13.8 Å². The van der Waals surface area contributed by atoms with Crippen molar-refractivity contribution in [3.05, 3.63) is 72.0 Å². The first-order valence-electron chi connectivity index (χ1n) is 11.3. The largest absolute Gasteiger partial charge is 0.480 e. The number of carboxylic acids is 1. The number of likely N-dealkylation sites (N-methyl/N-ethyl adjacent to an activating group) is 1. The van der Waals surface area contributed by atoms with Gasteiger partial charge in [-0.05, 0) is 30.0 Å². The van der Waals surface area contributed by atoms with Crippen molar-refractivity contribution in [2.24, 2.45) is 10.9 Å². The van der Waals surface area contributed by atoms with Crippen molar-refractivity contribution in [1.29, 1.82) is 5.41 Å². The maximum absolute atomic E-state index is 14.2. The quantitative estimate of drug-likeness (QED) is 0.363. The highest BCUT2D eigenvalue weighted by atomic mass is 19.1. The summed E-state index contributed by atoms with van der Waals surface area (Å²) in [6.45, 7) is 9.38. The number of hydrogen-bond acceptors (Lipinski definition) is 8. The highest BCUT2D eigenvalue weighted by molar-refractivity contribution is 6.03. The number of benzene rings is 1. The maximum Gasteiger partial charge on any atom is 0.326 e. The monoisotopic (exact) mass is 492 g/mol. The van der Waals surface area contributed by atoms with Gasteiger partial charge >= 0.3 is 5.97 Å². The van der Waals surface area contributed by atoms with Gasteiger partial charge in [0.1, 0.15) is 23.9 Å². The molecule has 0 saturated carbocycles. The van der Waals surface area contributed by atoms with Gasteiger partial charge in [0.25, 0.3) is 5.95 Å². The van der Waals surface area contributed by atoms with Crippen LogP contribution in [0.15, 0.2) is 58.9 Å². The summed E-state index contributed by atoms with van der Waals surface area (Å²) >= 11 is 0. The summed E-state index contributed by atoms with van der Waals surface area (Å²) < 4.78 is 19.1. The van der Waals surface area contributed by atoms with Crippen LogP contribution in [0.2, 0.25) is 0 Å². The highest BCUT2D eigenvalue weighted by Crippen LogP contribution is 2.28. The molecule has 0 saturated heterocycles. The van der Waals surface area contributed by atoms with Gasteiger partial charge in [0.2, 0.25) is 0 Å². The summed E-state index contributed by atoms with van der Waals surface area (Å²) in [5.74, 6) is -1.83. The van der Waals surface area contributed by atoms with E-state index in [1.165, 1.54) is 18.5 Å². The Morgan fingerprint density at radius 1 is 1.33 bits per heavy atom. The summed E-state index contributed by atoms with van der Waals surface area (Å²) in [5.41, 5.74) is 2.24. The van der Waals surface area contributed by atoms with Gasteiger partial charge in [0.05, 0.1) is 11.6 Å². The molecule has 2 N–H and O–H groups in total. The van der Waals surface area contributed by atoms with E-state index < -0.39 is 23.7 Å². The van der Waals surface area contributed by atoms with Crippen LogP contribution < -0.4 is 4.90 Å². The van der Waals surface area contributed by atoms with Crippen LogP contribution in [0.25, 0.3) is 5.57 Å². The van der Waals surface area contributed by atoms with E-state index in [-0.39, 0.29) is 24.0 Å². The Labute approximate surface area is 208 Å². The number of hydrogen-bond donors (Lipinski definition) is 2. The zero-order valence-corrected chi connectivity index (χ0v) is 20.6. The van der Waals surface area contributed by atoms with Crippen LogP contribution in [0.4, 0.5) is 16.2 Å². The number of anilines is 1. The van der Waals surface area contributed by atoms with Gasteiger partial charge in [0.15, 0.2) is 0 Å². The van der Waals surface area contributed by atoms with Crippen LogP contribution in [0.3, 0.4) is 0 Å². The molecule has 9 nitrogen and oxygen atoms in total. The minimum Gasteiger partial charge on any atom is -0.480 e. The van der Waals surface area contributed by atoms with E-state index >= 15 is 0 Å². The lowest BCUT2D eigenvalue weighted by atomic mass is 9.95. The molecular formula is C26H29FN6O3. The maximum atomic E-state index is 14.2. The van der Waals surface area contributed by atoms with Crippen molar-refractivity contribution in [2.75, 3.05) is 11.9 Å². The number of carboxylic acid groups (broad SMARTS) is 1. The molecule has 2 atom stereocenters. The number of nitrogens with one attached hydrogen (secondary N) is 1. The molecule has 0 amide bonds. The lowest BCUT2D eigenvalue weighted by Gasteiger charge is -2.30. The summed E-state index contributed by atoms with van der Waals surface area (Å²) in [7, 11) is 1.66. The van der Waals surface area contributed by atoms with Crippen LogP contribution in [0, 0.1) is 17.1 Å². The van der Waals surface area contributed by atoms with Gasteiger partial charge in [0, 0.05) is 43.2 Å². The molecule has 3 rings (SSSR count). The Morgan fingerprint density at radius 3 is 2.64 bits per heavy atom. The first kappa shape index (κ1) is 26.4. The molecule has 0 fully saturated rings. The summed E-state index contributed by atoms with van der Waals surface area (Å²) in [5, 5.41) is 22.3. The third-order valence-electron chi connectivity index (χ3n) is 5.68. The summed E-state index contributed by atoms with van der Waals surface area (Å²) in [6, 6.07) is 7.05. The second-order valence-electron chi connectivity index (χ2n) is 8.80. The average Bonchev–Trinajstić information content (AvgIpc) is 3.34. The zero-order valence-electron chi connectivity index (χ0n) is 20.6. The van der Waals surface area contributed by atoms with Crippen molar-refractivity contribution < 1.29 is 18.8 Å². The smallest absolute Gasteiger partial charge is 0.326 e. The number of aromatic nitrogens is 3. The molecule has 0 aliphatic rings. The molecule has 2 heterocycles. The molecule has 0 spiro atoms. The van der Waals surface area contributed by atoms with Gasteiger partial charge in [-0.1, -0.05) is 43.8 Å². The molecule has 1 aromatic carbocycles. The van der Waals surface area contributed by atoms with Crippen LogP contribution in [-0.2, 0) is 11.2 Å². The first-order chi connectivity index (χ1) is 17.1. The zero-order chi connectivity index (χ0) is 26.4.